The number of ether oxygens (including phenoxy) is 1. The topological polar surface area (TPSA) is 41.6 Å². The largest absolute Gasteiger partial charge is 0.467 e. The van der Waals surface area contributed by atoms with E-state index in [1.54, 1.807) is 0 Å². The molecule has 1 unspecified atom stereocenters. The van der Waals surface area contributed by atoms with Gasteiger partial charge in [0.1, 0.15) is 5.54 Å². The number of para-hydroxylation sites is 1. The van der Waals surface area contributed by atoms with Crippen LogP contribution in [-0.2, 0) is 9.53 Å². The van der Waals surface area contributed by atoms with Gasteiger partial charge in [-0.25, -0.2) is 4.79 Å². The number of likely N-dealkylation sites (tertiary alicyclic amines) is 1. The Morgan fingerprint density at radius 2 is 2.11 bits per heavy atom. The highest BCUT2D eigenvalue weighted by Crippen LogP contribution is 2.26. The Hall–Kier alpha value is -1.55. The molecule has 18 heavy (non-hydrogen) atoms. The Balaban J connectivity index is 2.22. The van der Waals surface area contributed by atoms with E-state index in [0.29, 0.717) is 6.54 Å². The first-order chi connectivity index (χ1) is 8.66. The van der Waals surface area contributed by atoms with Gasteiger partial charge in [-0.1, -0.05) is 18.2 Å². The number of rotatable bonds is 3. The molecule has 1 heterocycles. The minimum Gasteiger partial charge on any atom is -0.467 e. The summed E-state index contributed by atoms with van der Waals surface area (Å²) in [4.78, 5) is 14.3. The van der Waals surface area contributed by atoms with Crippen molar-refractivity contribution in [2.45, 2.75) is 18.4 Å². The van der Waals surface area contributed by atoms with Gasteiger partial charge in [-0.2, -0.15) is 0 Å². The Labute approximate surface area is 108 Å². The molecule has 4 nitrogen and oxygen atoms in total. The van der Waals surface area contributed by atoms with Crippen LogP contribution in [0.3, 0.4) is 0 Å². The standard InChI is InChI=1S/C14H20N2O2/c1-16-10-6-9-14(11-16,13(17)18-2)15-12-7-4-3-5-8-12/h3-5,7-8,15H,6,9-11H2,1-2H3. The van der Waals surface area contributed by atoms with Crippen LogP contribution in [0.1, 0.15) is 12.8 Å². The van der Waals surface area contributed by atoms with Crippen molar-refractivity contribution in [1.82, 2.24) is 4.90 Å². The number of nitrogens with zero attached hydrogens (tertiary/aromatic N) is 1. The van der Waals surface area contributed by atoms with Crippen molar-refractivity contribution in [3.8, 4) is 0 Å². The fraction of sp³-hybridized carbons (Fsp3) is 0.500. The summed E-state index contributed by atoms with van der Waals surface area (Å²) in [7, 11) is 3.48. The Kier molecular flexibility index (Phi) is 3.87. The van der Waals surface area contributed by atoms with Gasteiger partial charge in [-0.15, -0.1) is 0 Å². The fourth-order valence-electron chi connectivity index (χ4n) is 2.58. The molecule has 0 aromatic heterocycles. The highest BCUT2D eigenvalue weighted by Gasteiger charge is 2.42. The van der Waals surface area contributed by atoms with Crippen molar-refractivity contribution in [2.75, 3.05) is 32.6 Å². The first-order valence-electron chi connectivity index (χ1n) is 6.26. The molecular weight excluding hydrogens is 228 g/mol. The quantitative estimate of drug-likeness (QED) is 0.827. The molecule has 0 spiro atoms. The zero-order valence-electron chi connectivity index (χ0n) is 11.0. The van der Waals surface area contributed by atoms with Crippen LogP contribution >= 0.6 is 0 Å². The Bertz CT molecular complexity index is 408. The zero-order valence-corrected chi connectivity index (χ0v) is 11.0. The maximum absolute atomic E-state index is 12.1. The van der Waals surface area contributed by atoms with Crippen molar-refractivity contribution in [3.05, 3.63) is 30.3 Å². The molecule has 0 amide bonds. The minimum absolute atomic E-state index is 0.182. The molecule has 0 bridgehead atoms. The molecule has 1 saturated heterocycles. The molecule has 1 N–H and O–H groups in total. The van der Waals surface area contributed by atoms with Crippen LogP contribution in [-0.4, -0.2) is 43.7 Å². The number of methoxy groups -OCH3 is 1. The van der Waals surface area contributed by atoms with Crippen LogP contribution in [0.25, 0.3) is 0 Å². The SMILES string of the molecule is COC(=O)C1(Nc2ccccc2)CCCN(C)C1. The van der Waals surface area contributed by atoms with Gasteiger partial charge in [0.2, 0.25) is 0 Å². The van der Waals surface area contributed by atoms with E-state index < -0.39 is 5.54 Å². The number of nitrogens with one attached hydrogen (secondary N) is 1. The normalized spacial score (nSPS) is 24.6. The molecule has 4 heteroatoms. The number of hydrogen-bond acceptors (Lipinski definition) is 4. The number of carbonyl (C=O) groups is 1. The second kappa shape index (κ2) is 5.40. The van der Waals surface area contributed by atoms with E-state index in [1.165, 1.54) is 7.11 Å². The molecule has 98 valence electrons. The van der Waals surface area contributed by atoms with Gasteiger partial charge in [-0.05, 0) is 38.6 Å². The minimum atomic E-state index is -0.622. The van der Waals surface area contributed by atoms with Crippen LogP contribution in [0, 0.1) is 0 Å². The number of anilines is 1. The molecule has 0 radical (unpaired) electrons. The summed E-state index contributed by atoms with van der Waals surface area (Å²) in [6, 6.07) is 9.82. The van der Waals surface area contributed by atoms with E-state index in [9.17, 15) is 4.79 Å². The summed E-state index contributed by atoms with van der Waals surface area (Å²) in [6.07, 6.45) is 1.80. The van der Waals surface area contributed by atoms with Gasteiger partial charge in [0.25, 0.3) is 0 Å². The van der Waals surface area contributed by atoms with Gasteiger partial charge in [0.05, 0.1) is 7.11 Å². The van der Waals surface area contributed by atoms with Crippen molar-refractivity contribution in [2.24, 2.45) is 0 Å². The van der Waals surface area contributed by atoms with Crippen molar-refractivity contribution in [3.63, 3.8) is 0 Å². The summed E-state index contributed by atoms with van der Waals surface area (Å²) in [5, 5.41) is 3.36. The molecular formula is C14H20N2O2. The highest BCUT2D eigenvalue weighted by atomic mass is 16.5. The molecule has 2 rings (SSSR count). The third kappa shape index (κ3) is 2.64. The van der Waals surface area contributed by atoms with E-state index in [4.69, 9.17) is 4.74 Å². The molecule has 0 aliphatic carbocycles. The van der Waals surface area contributed by atoms with Crippen molar-refractivity contribution >= 4 is 11.7 Å². The van der Waals surface area contributed by atoms with Crippen LogP contribution in [0.5, 0.6) is 0 Å². The fourth-order valence-corrected chi connectivity index (χ4v) is 2.58. The van der Waals surface area contributed by atoms with Crippen LogP contribution < -0.4 is 5.32 Å². The summed E-state index contributed by atoms with van der Waals surface area (Å²) in [6.45, 7) is 1.70. The summed E-state index contributed by atoms with van der Waals surface area (Å²) in [5.74, 6) is -0.182. The highest BCUT2D eigenvalue weighted by molar-refractivity contribution is 5.85. The van der Waals surface area contributed by atoms with E-state index in [2.05, 4.69) is 10.2 Å². The predicted molar refractivity (Wildman–Crippen MR) is 71.5 cm³/mol. The number of benzene rings is 1. The summed E-state index contributed by atoms with van der Waals surface area (Å²) in [5.41, 5.74) is 0.335. The Morgan fingerprint density at radius 1 is 1.39 bits per heavy atom. The molecule has 1 aromatic rings. The van der Waals surface area contributed by atoms with E-state index in [0.717, 1.165) is 25.1 Å². The van der Waals surface area contributed by atoms with Crippen molar-refractivity contribution in [1.29, 1.82) is 0 Å². The van der Waals surface area contributed by atoms with Gasteiger partial charge in [0, 0.05) is 12.2 Å². The molecule has 1 aromatic carbocycles. The summed E-state index contributed by atoms with van der Waals surface area (Å²) >= 11 is 0. The third-order valence-electron chi connectivity index (χ3n) is 3.42. The molecule has 1 aliphatic rings. The van der Waals surface area contributed by atoms with Crippen LogP contribution in [0.4, 0.5) is 5.69 Å². The maximum Gasteiger partial charge on any atom is 0.332 e. The lowest BCUT2D eigenvalue weighted by Crippen LogP contribution is -2.57. The monoisotopic (exact) mass is 248 g/mol. The number of hydrogen-bond donors (Lipinski definition) is 1. The number of piperidine rings is 1. The average molecular weight is 248 g/mol. The number of carbonyl (C=O) groups excluding carboxylic acids is 1. The predicted octanol–water partition coefficient (Wildman–Crippen LogP) is 1.74. The van der Waals surface area contributed by atoms with Crippen molar-refractivity contribution < 1.29 is 9.53 Å². The molecule has 1 aliphatic heterocycles. The third-order valence-corrected chi connectivity index (χ3v) is 3.42. The average Bonchev–Trinajstić information content (AvgIpc) is 2.39. The van der Waals surface area contributed by atoms with Crippen LogP contribution in [0.2, 0.25) is 0 Å². The molecule has 1 fully saturated rings. The number of esters is 1. The number of likely N-dealkylation sites (N-methyl/N-ethyl adjacent to an activating group) is 1. The van der Waals surface area contributed by atoms with Crippen LogP contribution in [0.15, 0.2) is 30.3 Å². The van der Waals surface area contributed by atoms with E-state index in [-0.39, 0.29) is 5.97 Å². The van der Waals surface area contributed by atoms with Gasteiger partial charge < -0.3 is 15.0 Å². The lowest BCUT2D eigenvalue weighted by molar-refractivity contribution is -0.147. The van der Waals surface area contributed by atoms with Gasteiger partial charge in [-0.3, -0.25) is 0 Å². The van der Waals surface area contributed by atoms with E-state index in [1.807, 2.05) is 37.4 Å². The van der Waals surface area contributed by atoms with E-state index >= 15 is 0 Å². The first kappa shape index (κ1) is 12.9. The summed E-state index contributed by atoms with van der Waals surface area (Å²) < 4.78 is 4.99. The lowest BCUT2D eigenvalue weighted by atomic mass is 9.88. The maximum atomic E-state index is 12.1. The molecule has 1 atom stereocenters. The zero-order chi connectivity index (χ0) is 13.0. The second-order valence-electron chi connectivity index (χ2n) is 4.91. The second-order valence-corrected chi connectivity index (χ2v) is 4.91. The van der Waals surface area contributed by atoms with Gasteiger partial charge >= 0.3 is 5.97 Å². The molecule has 0 saturated carbocycles. The Morgan fingerprint density at radius 3 is 2.72 bits per heavy atom. The smallest absolute Gasteiger partial charge is 0.332 e. The lowest BCUT2D eigenvalue weighted by Gasteiger charge is -2.40. The first-order valence-corrected chi connectivity index (χ1v) is 6.26. The van der Waals surface area contributed by atoms with Gasteiger partial charge in [0.15, 0.2) is 0 Å².